The molecule has 0 radical (unpaired) electrons. The third-order valence-corrected chi connectivity index (χ3v) is 2.82. The third kappa shape index (κ3) is 6.04. The molecule has 1 nitrogen and oxygen atoms in total. The standard InChI is InChI=1S/C14H11FO.C5H5.Fe/c15-13-8-5-11(6-9-13)7-10-14(16)12-3-1-2-4-12;1-2-4-5-3-1;/h1-10,16H;1-5H;/q;-1;. The van der Waals surface area contributed by atoms with Crippen molar-refractivity contribution in [1.29, 1.82) is 0 Å². The monoisotopic (exact) mass is 335 g/mol. The van der Waals surface area contributed by atoms with E-state index in [0.717, 1.165) is 11.1 Å². The minimum Gasteiger partial charge on any atom is -0.507 e. The molecule has 22 heavy (non-hydrogen) atoms. The van der Waals surface area contributed by atoms with E-state index in [2.05, 4.69) is 0 Å². The first-order valence-electron chi connectivity index (χ1n) is 6.64. The van der Waals surface area contributed by atoms with Crippen LogP contribution in [0.5, 0.6) is 0 Å². The topological polar surface area (TPSA) is 20.2 Å². The van der Waals surface area contributed by atoms with Crippen molar-refractivity contribution in [1.82, 2.24) is 0 Å². The minimum atomic E-state index is -0.263. The fraction of sp³-hybridized carbons (Fsp3) is 0. The van der Waals surface area contributed by atoms with Gasteiger partial charge in [-0.15, -0.1) is 0 Å². The number of halogens is 1. The van der Waals surface area contributed by atoms with E-state index in [1.807, 2.05) is 54.6 Å². The molecule has 3 rings (SSSR count). The predicted molar refractivity (Wildman–Crippen MR) is 85.4 cm³/mol. The van der Waals surface area contributed by atoms with E-state index >= 15 is 0 Å². The molecule has 2 aromatic carbocycles. The average molecular weight is 335 g/mol. The van der Waals surface area contributed by atoms with Gasteiger partial charge in [0.25, 0.3) is 0 Å². The van der Waals surface area contributed by atoms with Crippen LogP contribution in [0.2, 0.25) is 0 Å². The van der Waals surface area contributed by atoms with Crippen LogP contribution in [0, 0.1) is 5.82 Å². The van der Waals surface area contributed by atoms with Gasteiger partial charge in [-0.3, -0.25) is 0 Å². The number of hydrogen-bond donors (Lipinski definition) is 1. The first-order chi connectivity index (χ1) is 10.3. The molecule has 3 heteroatoms. The van der Waals surface area contributed by atoms with E-state index in [1.54, 1.807) is 24.3 Å². The van der Waals surface area contributed by atoms with E-state index in [0.29, 0.717) is 0 Å². The van der Waals surface area contributed by atoms with Crippen molar-refractivity contribution in [3.8, 4) is 0 Å². The molecule has 0 bridgehead atoms. The van der Waals surface area contributed by atoms with Crippen molar-refractivity contribution < 1.29 is 26.6 Å². The number of rotatable bonds is 2. The molecule has 0 saturated heterocycles. The van der Waals surface area contributed by atoms with E-state index in [9.17, 15) is 9.50 Å². The maximum Gasteiger partial charge on any atom is 0.123 e. The summed E-state index contributed by atoms with van der Waals surface area (Å²) < 4.78 is 12.6. The Morgan fingerprint density at radius 2 is 1.59 bits per heavy atom. The molecular formula is C19H16FFeO-. The van der Waals surface area contributed by atoms with Gasteiger partial charge in [-0.2, -0.15) is 18.2 Å². The minimum absolute atomic E-state index is 0. The van der Waals surface area contributed by atoms with Gasteiger partial charge in [-0.25, -0.2) is 16.5 Å². The van der Waals surface area contributed by atoms with Crippen LogP contribution in [0.1, 0.15) is 5.56 Å². The molecule has 0 saturated carbocycles. The van der Waals surface area contributed by atoms with E-state index in [1.165, 1.54) is 12.1 Å². The van der Waals surface area contributed by atoms with Crippen LogP contribution in [0.15, 0.2) is 96.3 Å². The predicted octanol–water partition coefficient (Wildman–Crippen LogP) is 5.18. The molecule has 1 aliphatic carbocycles. The first-order valence-corrected chi connectivity index (χ1v) is 6.64. The summed E-state index contributed by atoms with van der Waals surface area (Å²) in [6.07, 6.45) is 10.7. The number of aliphatic hydroxyl groups excluding tert-OH is 1. The number of allylic oxidation sites excluding steroid dienone is 6. The third-order valence-electron chi connectivity index (χ3n) is 2.82. The normalized spacial score (nSPS) is 12.0. The molecule has 0 unspecified atom stereocenters. The first kappa shape index (κ1) is 17.8. The summed E-state index contributed by atoms with van der Waals surface area (Å²) in [7, 11) is 0. The molecule has 1 N–H and O–H groups in total. The molecule has 2 aromatic rings. The quantitative estimate of drug-likeness (QED) is 0.455. The van der Waals surface area contributed by atoms with Gasteiger partial charge >= 0.3 is 0 Å². The molecule has 0 heterocycles. The zero-order valence-corrected chi connectivity index (χ0v) is 12.9. The van der Waals surface area contributed by atoms with Gasteiger partial charge in [-0.1, -0.05) is 42.5 Å². The molecule has 0 atom stereocenters. The summed E-state index contributed by atoms with van der Waals surface area (Å²) in [4.78, 5) is 0. The average Bonchev–Trinajstić information content (AvgIpc) is 3.21. The Kier molecular flexibility index (Phi) is 7.84. The second-order valence-electron chi connectivity index (χ2n) is 4.41. The summed E-state index contributed by atoms with van der Waals surface area (Å²) in [6.45, 7) is 0. The van der Waals surface area contributed by atoms with Gasteiger partial charge in [0.15, 0.2) is 0 Å². The Balaban J connectivity index is 0.000000344. The molecule has 0 aromatic heterocycles. The van der Waals surface area contributed by atoms with Crippen LogP contribution in [0.25, 0.3) is 6.08 Å². The molecule has 0 aliphatic heterocycles. The van der Waals surface area contributed by atoms with Gasteiger partial charge < -0.3 is 5.11 Å². The second kappa shape index (κ2) is 9.67. The fourth-order valence-corrected chi connectivity index (χ4v) is 1.71. The van der Waals surface area contributed by atoms with Gasteiger partial charge in [0, 0.05) is 22.6 Å². The number of benzene rings is 1. The van der Waals surface area contributed by atoms with Crippen LogP contribution >= 0.6 is 0 Å². The smallest absolute Gasteiger partial charge is 0.123 e. The van der Waals surface area contributed by atoms with Gasteiger partial charge in [0.05, 0.1) is 0 Å². The Morgan fingerprint density at radius 3 is 2.09 bits per heavy atom. The van der Waals surface area contributed by atoms with Crippen molar-refractivity contribution in [3.63, 3.8) is 0 Å². The van der Waals surface area contributed by atoms with Gasteiger partial charge in [0.1, 0.15) is 11.6 Å². The zero-order chi connectivity index (χ0) is 14.9. The summed E-state index contributed by atoms with van der Waals surface area (Å²) in [5, 5.41) is 9.68. The van der Waals surface area contributed by atoms with Crippen LogP contribution in [0.3, 0.4) is 0 Å². The van der Waals surface area contributed by atoms with Gasteiger partial charge in [0.2, 0.25) is 0 Å². The zero-order valence-electron chi connectivity index (χ0n) is 11.8. The largest absolute Gasteiger partial charge is 0.507 e. The van der Waals surface area contributed by atoms with Crippen molar-refractivity contribution in [2.45, 2.75) is 0 Å². The van der Waals surface area contributed by atoms with Crippen molar-refractivity contribution in [2.24, 2.45) is 0 Å². The summed E-state index contributed by atoms with van der Waals surface area (Å²) >= 11 is 0. The van der Waals surface area contributed by atoms with E-state index in [4.69, 9.17) is 0 Å². The van der Waals surface area contributed by atoms with E-state index < -0.39 is 0 Å². The molecule has 0 fully saturated rings. The molecule has 0 spiro atoms. The van der Waals surface area contributed by atoms with Crippen LogP contribution in [-0.2, 0) is 17.1 Å². The van der Waals surface area contributed by atoms with Crippen molar-refractivity contribution in [3.05, 3.63) is 108 Å². The maximum atomic E-state index is 12.6. The Morgan fingerprint density at radius 1 is 1.00 bits per heavy atom. The SMILES string of the molecule is OC(C=Cc1ccc(F)cc1)=C1C=CC=C1.[Fe].c1cc[cH-]c1. The molecule has 1 aliphatic rings. The second-order valence-corrected chi connectivity index (χ2v) is 4.41. The molecule has 114 valence electrons. The molecule has 0 amide bonds. The molecular weight excluding hydrogens is 319 g/mol. The maximum absolute atomic E-state index is 12.6. The van der Waals surface area contributed by atoms with Crippen molar-refractivity contribution >= 4 is 6.08 Å². The summed E-state index contributed by atoms with van der Waals surface area (Å²) in [5.74, 6) is -0.0595. The van der Waals surface area contributed by atoms with Crippen LogP contribution < -0.4 is 0 Å². The van der Waals surface area contributed by atoms with Crippen LogP contribution in [-0.4, -0.2) is 5.11 Å². The van der Waals surface area contributed by atoms with E-state index in [-0.39, 0.29) is 28.6 Å². The van der Waals surface area contributed by atoms with Crippen molar-refractivity contribution in [2.75, 3.05) is 0 Å². The Bertz CT molecular complexity index is 631. The fourth-order valence-electron chi connectivity index (χ4n) is 1.71. The summed E-state index contributed by atoms with van der Waals surface area (Å²) in [6, 6.07) is 16.1. The van der Waals surface area contributed by atoms with Gasteiger partial charge in [-0.05, 0) is 23.8 Å². The number of hydrogen-bond acceptors (Lipinski definition) is 1. The Labute approximate surface area is 140 Å². The number of aliphatic hydroxyl groups is 1. The Hall–Kier alpha value is -2.22. The summed E-state index contributed by atoms with van der Waals surface area (Å²) in [5.41, 5.74) is 1.62. The van der Waals surface area contributed by atoms with Crippen LogP contribution in [0.4, 0.5) is 4.39 Å².